The Hall–Kier alpha value is -0.200. The quantitative estimate of drug-likeness (QED) is 0.787. The zero-order valence-electron chi connectivity index (χ0n) is 9.60. The summed E-state index contributed by atoms with van der Waals surface area (Å²) in [5, 5.41) is 9.46. The van der Waals surface area contributed by atoms with Crippen molar-refractivity contribution >= 4 is 10.0 Å². The molecule has 2 atom stereocenters. The van der Waals surface area contributed by atoms with Gasteiger partial charge in [0.2, 0.25) is 10.0 Å². The van der Waals surface area contributed by atoms with Crippen LogP contribution in [0.4, 0.5) is 4.39 Å². The average molecular weight is 253 g/mol. The molecule has 0 aromatic rings. The third-order valence-corrected chi connectivity index (χ3v) is 4.96. The number of hydrogen-bond acceptors (Lipinski definition) is 3. The molecule has 0 radical (unpaired) electrons. The van der Waals surface area contributed by atoms with Crippen molar-refractivity contribution in [3.8, 4) is 0 Å². The Balaban J connectivity index is 2.59. The van der Waals surface area contributed by atoms with Crippen molar-refractivity contribution in [3.05, 3.63) is 0 Å². The summed E-state index contributed by atoms with van der Waals surface area (Å²) in [6, 6.07) is 0. The first kappa shape index (κ1) is 13.9. The van der Waals surface area contributed by atoms with Crippen molar-refractivity contribution in [1.82, 2.24) is 4.31 Å². The minimum Gasteiger partial charge on any atom is -0.393 e. The van der Waals surface area contributed by atoms with E-state index in [4.69, 9.17) is 0 Å². The zero-order valence-corrected chi connectivity index (χ0v) is 10.4. The highest BCUT2D eigenvalue weighted by Gasteiger charge is 2.30. The van der Waals surface area contributed by atoms with Gasteiger partial charge in [0, 0.05) is 13.1 Å². The second-order valence-corrected chi connectivity index (χ2v) is 6.45. The maximum Gasteiger partial charge on any atom is 0.214 e. The SMILES string of the molecule is CC(O)C1CCCN(S(=O)(=O)CCCF)C1. The van der Waals surface area contributed by atoms with Crippen LogP contribution < -0.4 is 0 Å². The van der Waals surface area contributed by atoms with Gasteiger partial charge in [-0.1, -0.05) is 0 Å². The van der Waals surface area contributed by atoms with Gasteiger partial charge >= 0.3 is 0 Å². The maximum absolute atomic E-state index is 12.0. The lowest BCUT2D eigenvalue weighted by molar-refractivity contribution is 0.0885. The Morgan fingerprint density at radius 3 is 2.81 bits per heavy atom. The summed E-state index contributed by atoms with van der Waals surface area (Å²) >= 11 is 0. The molecule has 0 spiro atoms. The number of nitrogens with zero attached hydrogens (tertiary/aromatic N) is 1. The molecule has 1 saturated heterocycles. The molecule has 0 bridgehead atoms. The molecule has 16 heavy (non-hydrogen) atoms. The van der Waals surface area contributed by atoms with E-state index in [0.717, 1.165) is 12.8 Å². The Morgan fingerprint density at radius 1 is 1.56 bits per heavy atom. The number of sulfonamides is 1. The lowest BCUT2D eigenvalue weighted by Gasteiger charge is -2.33. The predicted molar refractivity (Wildman–Crippen MR) is 60.4 cm³/mol. The molecule has 1 N–H and O–H groups in total. The number of piperidine rings is 1. The van der Waals surface area contributed by atoms with Crippen LogP contribution in [0.5, 0.6) is 0 Å². The number of halogens is 1. The van der Waals surface area contributed by atoms with Gasteiger partial charge in [-0.05, 0) is 32.1 Å². The Labute approximate surface area is 96.5 Å². The van der Waals surface area contributed by atoms with E-state index in [1.807, 2.05) is 0 Å². The minimum absolute atomic E-state index is 0.00824. The molecule has 1 aliphatic rings. The number of rotatable bonds is 5. The van der Waals surface area contributed by atoms with Gasteiger partial charge < -0.3 is 5.11 Å². The zero-order chi connectivity index (χ0) is 12.2. The van der Waals surface area contributed by atoms with Gasteiger partial charge in [-0.25, -0.2) is 12.7 Å². The fourth-order valence-corrected chi connectivity index (χ4v) is 3.54. The van der Waals surface area contributed by atoms with Crippen LogP contribution in [0.3, 0.4) is 0 Å². The highest BCUT2D eigenvalue weighted by Crippen LogP contribution is 2.22. The molecule has 0 aliphatic carbocycles. The Kier molecular flexibility index (Phi) is 5.14. The second-order valence-electron chi connectivity index (χ2n) is 4.36. The topological polar surface area (TPSA) is 57.6 Å². The first-order chi connectivity index (χ1) is 7.47. The minimum atomic E-state index is -3.33. The fourth-order valence-electron chi connectivity index (χ4n) is 1.99. The summed E-state index contributed by atoms with van der Waals surface area (Å²) in [6.07, 6.45) is 1.19. The van der Waals surface area contributed by atoms with Crippen LogP contribution in [0.25, 0.3) is 0 Å². The van der Waals surface area contributed by atoms with Crippen LogP contribution >= 0.6 is 0 Å². The van der Waals surface area contributed by atoms with E-state index in [0.29, 0.717) is 13.1 Å². The van der Waals surface area contributed by atoms with E-state index < -0.39 is 22.8 Å². The normalized spacial score (nSPS) is 25.6. The second kappa shape index (κ2) is 5.93. The largest absolute Gasteiger partial charge is 0.393 e. The Morgan fingerprint density at radius 2 is 2.25 bits per heavy atom. The van der Waals surface area contributed by atoms with Gasteiger partial charge in [0.05, 0.1) is 18.5 Å². The summed E-state index contributed by atoms with van der Waals surface area (Å²) in [6.45, 7) is 1.94. The van der Waals surface area contributed by atoms with E-state index in [1.54, 1.807) is 6.92 Å². The summed E-state index contributed by atoms with van der Waals surface area (Å²) < 4.78 is 36.9. The maximum atomic E-state index is 12.0. The van der Waals surface area contributed by atoms with Gasteiger partial charge in [-0.3, -0.25) is 4.39 Å². The smallest absolute Gasteiger partial charge is 0.214 e. The lowest BCUT2D eigenvalue weighted by atomic mass is 9.95. The summed E-state index contributed by atoms with van der Waals surface area (Å²) in [7, 11) is -3.33. The number of alkyl halides is 1. The van der Waals surface area contributed by atoms with Crippen LogP contribution in [0.1, 0.15) is 26.2 Å². The van der Waals surface area contributed by atoms with Crippen LogP contribution in [-0.2, 0) is 10.0 Å². The molecule has 0 aromatic heterocycles. The van der Waals surface area contributed by atoms with Crippen LogP contribution in [0.2, 0.25) is 0 Å². The highest BCUT2D eigenvalue weighted by atomic mass is 32.2. The van der Waals surface area contributed by atoms with E-state index in [1.165, 1.54) is 4.31 Å². The Bertz CT molecular complexity index is 305. The van der Waals surface area contributed by atoms with Gasteiger partial charge in [-0.15, -0.1) is 0 Å². The van der Waals surface area contributed by atoms with Crippen molar-refractivity contribution in [2.75, 3.05) is 25.5 Å². The summed E-state index contributed by atoms with van der Waals surface area (Å²) in [5.41, 5.74) is 0. The highest BCUT2D eigenvalue weighted by molar-refractivity contribution is 7.89. The van der Waals surface area contributed by atoms with Crippen molar-refractivity contribution in [2.45, 2.75) is 32.3 Å². The first-order valence-corrected chi connectivity index (χ1v) is 7.30. The molecular weight excluding hydrogens is 233 g/mol. The summed E-state index contributed by atoms with van der Waals surface area (Å²) in [5.74, 6) is -0.121. The molecule has 96 valence electrons. The third-order valence-electron chi connectivity index (χ3n) is 3.03. The van der Waals surface area contributed by atoms with Crippen LogP contribution in [0, 0.1) is 5.92 Å². The van der Waals surface area contributed by atoms with Crippen molar-refractivity contribution in [2.24, 2.45) is 5.92 Å². The van der Waals surface area contributed by atoms with Gasteiger partial charge in [0.1, 0.15) is 0 Å². The van der Waals surface area contributed by atoms with Crippen molar-refractivity contribution < 1.29 is 17.9 Å². The number of aliphatic hydroxyl groups excluding tert-OH is 1. The van der Waals surface area contributed by atoms with E-state index >= 15 is 0 Å². The van der Waals surface area contributed by atoms with Crippen molar-refractivity contribution in [3.63, 3.8) is 0 Å². The fraction of sp³-hybridized carbons (Fsp3) is 1.00. The van der Waals surface area contributed by atoms with E-state index in [9.17, 15) is 17.9 Å². The van der Waals surface area contributed by atoms with E-state index in [-0.39, 0.29) is 18.1 Å². The van der Waals surface area contributed by atoms with E-state index in [2.05, 4.69) is 0 Å². The molecule has 4 nitrogen and oxygen atoms in total. The molecular formula is C10H20FNO3S. The monoisotopic (exact) mass is 253 g/mol. The molecule has 1 heterocycles. The standard InChI is InChI=1S/C10H20FNO3S/c1-9(13)10-4-2-6-12(8-10)16(14,15)7-3-5-11/h9-10,13H,2-8H2,1H3. The van der Waals surface area contributed by atoms with Gasteiger partial charge in [-0.2, -0.15) is 0 Å². The van der Waals surface area contributed by atoms with Crippen LogP contribution in [-0.4, -0.2) is 49.5 Å². The van der Waals surface area contributed by atoms with Gasteiger partial charge in [0.25, 0.3) is 0 Å². The summed E-state index contributed by atoms with van der Waals surface area (Å²) in [4.78, 5) is 0. The lowest BCUT2D eigenvalue weighted by Crippen LogP contribution is -2.43. The molecule has 0 saturated carbocycles. The first-order valence-electron chi connectivity index (χ1n) is 5.69. The molecule has 0 aromatic carbocycles. The number of aliphatic hydroxyl groups is 1. The molecule has 1 aliphatic heterocycles. The molecule has 6 heteroatoms. The predicted octanol–water partition coefficient (Wildman–Crippen LogP) is 0.769. The number of hydrogen-bond donors (Lipinski definition) is 1. The third kappa shape index (κ3) is 3.68. The van der Waals surface area contributed by atoms with Crippen molar-refractivity contribution in [1.29, 1.82) is 0 Å². The molecule has 2 unspecified atom stereocenters. The van der Waals surface area contributed by atoms with Crippen LogP contribution in [0.15, 0.2) is 0 Å². The molecule has 1 fully saturated rings. The molecule has 1 rings (SSSR count). The molecule has 0 amide bonds. The average Bonchev–Trinajstić information content (AvgIpc) is 2.26. The van der Waals surface area contributed by atoms with Gasteiger partial charge in [0.15, 0.2) is 0 Å².